The third-order valence-electron chi connectivity index (χ3n) is 2.86. The van der Waals surface area contributed by atoms with Gasteiger partial charge >= 0.3 is 0 Å². The normalized spacial score (nSPS) is 12.1. The Labute approximate surface area is 105 Å². The molecule has 92 valence electrons. The van der Waals surface area contributed by atoms with Crippen molar-refractivity contribution < 1.29 is 15.0 Å². The second-order valence-corrected chi connectivity index (χ2v) is 4.14. The van der Waals surface area contributed by atoms with E-state index >= 15 is 0 Å². The van der Waals surface area contributed by atoms with Crippen molar-refractivity contribution in [2.24, 2.45) is 0 Å². The first kappa shape index (κ1) is 12.3. The molecule has 0 aliphatic carbocycles. The van der Waals surface area contributed by atoms with Crippen LogP contribution in [0.2, 0.25) is 0 Å². The van der Waals surface area contributed by atoms with Gasteiger partial charge in [0.2, 0.25) is 0 Å². The van der Waals surface area contributed by atoms with E-state index in [0.717, 1.165) is 0 Å². The number of carbonyl (C=O) groups is 1. The number of ketones is 1. The van der Waals surface area contributed by atoms with Crippen molar-refractivity contribution in [3.63, 3.8) is 0 Å². The third-order valence-corrected chi connectivity index (χ3v) is 2.86. The van der Waals surface area contributed by atoms with Gasteiger partial charge in [0.15, 0.2) is 5.78 Å². The molecule has 0 aromatic heterocycles. The summed E-state index contributed by atoms with van der Waals surface area (Å²) in [5.41, 5.74) is 1.69. The Morgan fingerprint density at radius 1 is 1.06 bits per heavy atom. The van der Waals surface area contributed by atoms with Gasteiger partial charge in [0, 0.05) is 11.1 Å². The van der Waals surface area contributed by atoms with Crippen molar-refractivity contribution >= 4 is 5.78 Å². The van der Waals surface area contributed by atoms with Crippen LogP contribution in [0.15, 0.2) is 48.5 Å². The number of Topliss-reactive ketones (excluding diaryl/α,β-unsaturated/α-hetero) is 1. The fraction of sp³-hybridized carbons (Fsp3) is 0.133. The minimum atomic E-state index is -0.896. The van der Waals surface area contributed by atoms with Gasteiger partial charge in [0.05, 0.1) is 0 Å². The minimum Gasteiger partial charge on any atom is -0.508 e. The van der Waals surface area contributed by atoms with Gasteiger partial charge in [-0.1, -0.05) is 42.5 Å². The lowest BCUT2D eigenvalue weighted by atomic mass is 9.99. The molecule has 0 heterocycles. The summed E-state index contributed by atoms with van der Waals surface area (Å²) >= 11 is 0. The molecule has 18 heavy (non-hydrogen) atoms. The first-order valence-corrected chi connectivity index (χ1v) is 5.66. The zero-order valence-corrected chi connectivity index (χ0v) is 10.00. The van der Waals surface area contributed by atoms with Crippen molar-refractivity contribution in [2.75, 3.05) is 0 Å². The summed E-state index contributed by atoms with van der Waals surface area (Å²) in [7, 11) is 0. The molecular weight excluding hydrogens is 228 g/mol. The van der Waals surface area contributed by atoms with Crippen molar-refractivity contribution in [1.29, 1.82) is 0 Å². The average molecular weight is 242 g/mol. The lowest BCUT2D eigenvalue weighted by Crippen LogP contribution is -2.01. The summed E-state index contributed by atoms with van der Waals surface area (Å²) in [4.78, 5) is 11.1. The molecular formula is C15H14O3. The van der Waals surface area contributed by atoms with Crippen molar-refractivity contribution in [3.8, 4) is 5.75 Å². The first-order chi connectivity index (χ1) is 8.59. The maximum atomic E-state index is 11.1. The van der Waals surface area contributed by atoms with Gasteiger partial charge in [-0.15, -0.1) is 0 Å². The molecule has 2 aromatic rings. The number of benzene rings is 2. The summed E-state index contributed by atoms with van der Waals surface area (Å²) in [6, 6.07) is 13.4. The zero-order chi connectivity index (χ0) is 13.1. The predicted octanol–water partition coefficient (Wildman–Crippen LogP) is 2.68. The Morgan fingerprint density at radius 2 is 1.67 bits per heavy atom. The quantitative estimate of drug-likeness (QED) is 0.813. The van der Waals surface area contributed by atoms with Crippen LogP contribution in [-0.2, 0) is 0 Å². The zero-order valence-electron chi connectivity index (χ0n) is 10.00. The highest BCUT2D eigenvalue weighted by Crippen LogP contribution is 2.28. The molecule has 0 amide bonds. The first-order valence-electron chi connectivity index (χ1n) is 5.66. The molecule has 0 aliphatic rings. The fourth-order valence-electron chi connectivity index (χ4n) is 1.80. The molecule has 0 fully saturated rings. The maximum Gasteiger partial charge on any atom is 0.159 e. The van der Waals surface area contributed by atoms with Crippen molar-refractivity contribution in [3.05, 3.63) is 65.2 Å². The molecule has 1 atom stereocenters. The standard InChI is InChI=1S/C15H14O3/c1-10(16)11-6-8-12(9-7-11)15(18)13-4-2-3-5-14(13)17/h2-9,15,17-18H,1H3. The van der Waals surface area contributed by atoms with Gasteiger partial charge in [-0.2, -0.15) is 0 Å². The van der Waals surface area contributed by atoms with Crippen LogP contribution in [0.25, 0.3) is 0 Å². The summed E-state index contributed by atoms with van der Waals surface area (Å²) in [5.74, 6) is 0.0410. The third kappa shape index (κ3) is 2.41. The van der Waals surface area contributed by atoms with E-state index in [1.54, 1.807) is 42.5 Å². The number of hydrogen-bond donors (Lipinski definition) is 2. The van der Waals surface area contributed by atoms with E-state index < -0.39 is 6.10 Å². The molecule has 1 unspecified atom stereocenters. The molecule has 0 saturated carbocycles. The Kier molecular flexibility index (Phi) is 3.44. The Hall–Kier alpha value is -2.13. The van der Waals surface area contributed by atoms with Crippen LogP contribution >= 0.6 is 0 Å². The number of para-hydroxylation sites is 1. The van der Waals surface area contributed by atoms with Crippen LogP contribution in [-0.4, -0.2) is 16.0 Å². The highest BCUT2D eigenvalue weighted by atomic mass is 16.3. The summed E-state index contributed by atoms with van der Waals surface area (Å²) in [6.45, 7) is 1.49. The number of aliphatic hydroxyl groups is 1. The maximum absolute atomic E-state index is 11.1. The molecule has 3 heteroatoms. The van der Waals surface area contributed by atoms with E-state index in [9.17, 15) is 15.0 Å². The van der Waals surface area contributed by atoms with E-state index in [4.69, 9.17) is 0 Å². The van der Waals surface area contributed by atoms with Gasteiger partial charge in [-0.3, -0.25) is 4.79 Å². The van der Waals surface area contributed by atoms with Crippen LogP contribution in [0.1, 0.15) is 34.5 Å². The van der Waals surface area contributed by atoms with Crippen LogP contribution in [0, 0.1) is 0 Å². The molecule has 2 N–H and O–H groups in total. The second kappa shape index (κ2) is 5.02. The number of phenols is 1. The lowest BCUT2D eigenvalue weighted by molar-refractivity contribution is 0.101. The molecule has 2 rings (SSSR count). The van der Waals surface area contributed by atoms with Gasteiger partial charge < -0.3 is 10.2 Å². The van der Waals surface area contributed by atoms with Crippen molar-refractivity contribution in [2.45, 2.75) is 13.0 Å². The number of aromatic hydroxyl groups is 1. The van der Waals surface area contributed by atoms with Gasteiger partial charge in [-0.05, 0) is 18.6 Å². The van der Waals surface area contributed by atoms with Gasteiger partial charge in [-0.25, -0.2) is 0 Å². The Bertz CT molecular complexity index is 558. The summed E-state index contributed by atoms with van der Waals surface area (Å²) in [5, 5.41) is 19.8. The lowest BCUT2D eigenvalue weighted by Gasteiger charge is -2.13. The van der Waals surface area contributed by atoms with E-state index in [0.29, 0.717) is 16.7 Å². The van der Waals surface area contributed by atoms with E-state index in [1.165, 1.54) is 13.0 Å². The number of phenolic OH excluding ortho intramolecular Hbond substituents is 1. The van der Waals surface area contributed by atoms with E-state index in [1.807, 2.05) is 0 Å². The monoisotopic (exact) mass is 242 g/mol. The van der Waals surface area contributed by atoms with Crippen LogP contribution in [0.3, 0.4) is 0 Å². The molecule has 0 radical (unpaired) electrons. The Morgan fingerprint density at radius 3 is 2.22 bits per heavy atom. The Balaban J connectivity index is 2.32. The largest absolute Gasteiger partial charge is 0.508 e. The number of aliphatic hydroxyl groups excluding tert-OH is 1. The highest BCUT2D eigenvalue weighted by Gasteiger charge is 2.14. The van der Waals surface area contributed by atoms with Crippen LogP contribution < -0.4 is 0 Å². The summed E-state index contributed by atoms with van der Waals surface area (Å²) < 4.78 is 0. The number of hydrogen-bond acceptors (Lipinski definition) is 3. The van der Waals surface area contributed by atoms with Gasteiger partial charge in [0.1, 0.15) is 11.9 Å². The molecule has 2 aromatic carbocycles. The molecule has 0 bridgehead atoms. The average Bonchev–Trinajstić information content (AvgIpc) is 2.38. The van der Waals surface area contributed by atoms with Crippen LogP contribution in [0.5, 0.6) is 5.75 Å². The topological polar surface area (TPSA) is 57.5 Å². The molecule has 0 spiro atoms. The minimum absolute atomic E-state index is 0.0152. The molecule has 0 aliphatic heterocycles. The SMILES string of the molecule is CC(=O)c1ccc(C(O)c2ccccc2O)cc1. The molecule has 3 nitrogen and oxygen atoms in total. The van der Waals surface area contributed by atoms with Crippen molar-refractivity contribution in [1.82, 2.24) is 0 Å². The van der Waals surface area contributed by atoms with E-state index in [2.05, 4.69) is 0 Å². The number of carbonyl (C=O) groups excluding carboxylic acids is 1. The smallest absolute Gasteiger partial charge is 0.159 e. The highest BCUT2D eigenvalue weighted by molar-refractivity contribution is 5.94. The number of rotatable bonds is 3. The van der Waals surface area contributed by atoms with Crippen LogP contribution in [0.4, 0.5) is 0 Å². The molecule has 0 saturated heterocycles. The fourth-order valence-corrected chi connectivity index (χ4v) is 1.80. The second-order valence-electron chi connectivity index (χ2n) is 4.14. The predicted molar refractivity (Wildman–Crippen MR) is 68.6 cm³/mol. The van der Waals surface area contributed by atoms with E-state index in [-0.39, 0.29) is 11.5 Å². The summed E-state index contributed by atoms with van der Waals surface area (Å²) in [6.07, 6.45) is -0.896. The van der Waals surface area contributed by atoms with Gasteiger partial charge in [0.25, 0.3) is 0 Å².